The molecular weight excluding hydrogens is 352 g/mol. The number of methoxy groups -OCH3 is 1. The Morgan fingerprint density at radius 1 is 1.35 bits per heavy atom. The summed E-state index contributed by atoms with van der Waals surface area (Å²) in [6.45, 7) is 0.868. The van der Waals surface area contributed by atoms with Crippen molar-refractivity contribution in [1.29, 1.82) is 0 Å². The normalized spacial score (nSPS) is 19.0. The van der Waals surface area contributed by atoms with Gasteiger partial charge < -0.3 is 14.6 Å². The maximum Gasteiger partial charge on any atom is 0.222 e. The lowest BCUT2D eigenvalue weighted by Crippen LogP contribution is -2.43. The summed E-state index contributed by atoms with van der Waals surface area (Å²) in [6, 6.07) is 7.91. The highest BCUT2D eigenvalue weighted by Crippen LogP contribution is 2.21. The molecule has 2 aromatic rings. The molecule has 0 spiro atoms. The predicted octanol–water partition coefficient (Wildman–Crippen LogP) is 2.15. The minimum Gasteiger partial charge on any atom is -0.383 e. The molecular formula is C19H26N2O4S. The van der Waals surface area contributed by atoms with Gasteiger partial charge in [-0.3, -0.25) is 4.79 Å². The zero-order valence-electron chi connectivity index (χ0n) is 15.1. The molecule has 142 valence electrons. The largest absolute Gasteiger partial charge is 0.383 e. The molecule has 1 aromatic carbocycles. The molecule has 0 aliphatic carbocycles. The van der Waals surface area contributed by atoms with Crippen LogP contribution >= 0.6 is 0 Å². The fraction of sp³-hybridized carbons (Fsp3) is 0.526. The van der Waals surface area contributed by atoms with Gasteiger partial charge in [0, 0.05) is 43.2 Å². The number of rotatable bonds is 8. The lowest BCUT2D eigenvalue weighted by atomic mass is 10.1. The number of carbonyl (C=O) groups is 1. The summed E-state index contributed by atoms with van der Waals surface area (Å²) in [5, 5.41) is 1.19. The highest BCUT2D eigenvalue weighted by molar-refractivity contribution is 7.91. The molecule has 1 amide bonds. The highest BCUT2D eigenvalue weighted by atomic mass is 32.2. The average Bonchev–Trinajstić information content (AvgIpc) is 3.19. The van der Waals surface area contributed by atoms with Crippen LogP contribution in [0.15, 0.2) is 30.5 Å². The summed E-state index contributed by atoms with van der Waals surface area (Å²) in [7, 11) is -1.43. The topological polar surface area (TPSA) is 79.5 Å². The van der Waals surface area contributed by atoms with E-state index >= 15 is 0 Å². The number of carbonyl (C=O) groups excluding carboxylic acids is 1. The second kappa shape index (κ2) is 8.22. The SMILES string of the molecule is COCCN(C(=O)CCCc1c[nH]c2ccccc12)C1CCS(=O)(=O)C1. The number of fused-ring (bicyclic) bond motifs is 1. The molecule has 7 heteroatoms. The minimum atomic E-state index is -3.02. The zero-order chi connectivity index (χ0) is 18.6. The maximum atomic E-state index is 12.7. The monoisotopic (exact) mass is 378 g/mol. The van der Waals surface area contributed by atoms with Crippen molar-refractivity contribution in [3.63, 3.8) is 0 Å². The number of aryl methyl sites for hydroxylation is 1. The van der Waals surface area contributed by atoms with Crippen molar-refractivity contribution < 1.29 is 17.9 Å². The third-order valence-electron chi connectivity index (χ3n) is 5.02. The van der Waals surface area contributed by atoms with Crippen molar-refractivity contribution in [1.82, 2.24) is 9.88 Å². The Balaban J connectivity index is 1.59. The first kappa shape index (κ1) is 18.9. The Morgan fingerprint density at radius 3 is 2.88 bits per heavy atom. The number of benzene rings is 1. The Hall–Kier alpha value is -1.86. The number of sulfone groups is 1. The van der Waals surface area contributed by atoms with Gasteiger partial charge in [0.05, 0.1) is 18.1 Å². The van der Waals surface area contributed by atoms with Crippen molar-refractivity contribution in [2.75, 3.05) is 31.8 Å². The minimum absolute atomic E-state index is 0.0176. The van der Waals surface area contributed by atoms with Gasteiger partial charge in [-0.1, -0.05) is 18.2 Å². The van der Waals surface area contributed by atoms with Gasteiger partial charge in [0.2, 0.25) is 5.91 Å². The lowest BCUT2D eigenvalue weighted by molar-refractivity contribution is -0.133. The predicted molar refractivity (Wildman–Crippen MR) is 102 cm³/mol. The molecule has 2 heterocycles. The Bertz CT molecular complexity index is 859. The first-order valence-corrected chi connectivity index (χ1v) is 10.9. The van der Waals surface area contributed by atoms with Crippen LogP contribution in [0.3, 0.4) is 0 Å². The number of para-hydroxylation sites is 1. The van der Waals surface area contributed by atoms with Crippen LogP contribution in [0.5, 0.6) is 0 Å². The van der Waals surface area contributed by atoms with E-state index in [2.05, 4.69) is 11.1 Å². The first-order valence-electron chi connectivity index (χ1n) is 9.04. The maximum absolute atomic E-state index is 12.7. The van der Waals surface area contributed by atoms with Crippen molar-refractivity contribution in [3.05, 3.63) is 36.0 Å². The van der Waals surface area contributed by atoms with Crippen LogP contribution in [0.25, 0.3) is 10.9 Å². The van der Waals surface area contributed by atoms with Crippen molar-refractivity contribution in [2.45, 2.75) is 31.7 Å². The van der Waals surface area contributed by atoms with Crippen LogP contribution in [0, 0.1) is 0 Å². The van der Waals surface area contributed by atoms with E-state index in [4.69, 9.17) is 4.74 Å². The molecule has 6 nitrogen and oxygen atoms in total. The number of H-pyrrole nitrogens is 1. The van der Waals surface area contributed by atoms with Crippen molar-refractivity contribution >= 4 is 26.6 Å². The van der Waals surface area contributed by atoms with E-state index in [-0.39, 0.29) is 23.5 Å². The molecule has 1 aliphatic heterocycles. The van der Waals surface area contributed by atoms with Gasteiger partial charge >= 0.3 is 0 Å². The molecule has 1 unspecified atom stereocenters. The molecule has 26 heavy (non-hydrogen) atoms. The van der Waals surface area contributed by atoms with E-state index in [0.29, 0.717) is 26.0 Å². The molecule has 1 aromatic heterocycles. The van der Waals surface area contributed by atoms with Gasteiger partial charge in [0.25, 0.3) is 0 Å². The number of aromatic nitrogens is 1. The van der Waals surface area contributed by atoms with E-state index in [1.807, 2.05) is 24.4 Å². The van der Waals surface area contributed by atoms with Gasteiger partial charge in [0.1, 0.15) is 0 Å². The van der Waals surface area contributed by atoms with E-state index in [0.717, 1.165) is 18.4 Å². The van der Waals surface area contributed by atoms with E-state index in [9.17, 15) is 13.2 Å². The molecule has 1 atom stereocenters. The van der Waals surface area contributed by atoms with Gasteiger partial charge in [-0.05, 0) is 30.9 Å². The second-order valence-electron chi connectivity index (χ2n) is 6.85. The fourth-order valence-electron chi connectivity index (χ4n) is 3.63. The third kappa shape index (κ3) is 4.45. The number of nitrogens with one attached hydrogen (secondary N) is 1. The molecule has 1 aliphatic rings. The number of hydrogen-bond acceptors (Lipinski definition) is 4. The standard InChI is InChI=1S/C19H26N2O4S/c1-25-11-10-21(16-9-12-26(23,24)14-16)19(22)8-4-5-15-13-20-18-7-3-2-6-17(15)18/h2-3,6-7,13,16,20H,4-5,8-12,14H2,1H3. The number of hydrogen-bond donors (Lipinski definition) is 1. The van der Waals surface area contributed by atoms with Crippen LogP contribution in [-0.2, 0) is 25.8 Å². The molecule has 0 saturated carbocycles. The second-order valence-corrected chi connectivity index (χ2v) is 9.08. The third-order valence-corrected chi connectivity index (χ3v) is 6.77. The molecule has 0 bridgehead atoms. The average molecular weight is 378 g/mol. The van der Waals surface area contributed by atoms with Gasteiger partial charge in [-0.25, -0.2) is 8.42 Å². The number of aromatic amines is 1. The molecule has 1 fully saturated rings. The zero-order valence-corrected chi connectivity index (χ0v) is 15.9. The van der Waals surface area contributed by atoms with Gasteiger partial charge in [0.15, 0.2) is 9.84 Å². The van der Waals surface area contributed by atoms with Crippen molar-refractivity contribution in [2.24, 2.45) is 0 Å². The summed E-state index contributed by atoms with van der Waals surface area (Å²) >= 11 is 0. The summed E-state index contributed by atoms with van der Waals surface area (Å²) in [5.41, 5.74) is 2.31. The Labute approximate surface area is 154 Å². The highest BCUT2D eigenvalue weighted by Gasteiger charge is 2.34. The number of ether oxygens (including phenoxy) is 1. The summed E-state index contributed by atoms with van der Waals surface area (Å²) in [5.74, 6) is 0.262. The molecule has 1 N–H and O–H groups in total. The number of nitrogens with zero attached hydrogens (tertiary/aromatic N) is 1. The fourth-order valence-corrected chi connectivity index (χ4v) is 5.36. The van der Waals surface area contributed by atoms with Crippen LogP contribution < -0.4 is 0 Å². The summed E-state index contributed by atoms with van der Waals surface area (Å²) < 4.78 is 28.6. The molecule has 3 rings (SSSR count). The van der Waals surface area contributed by atoms with Crippen LogP contribution in [0.1, 0.15) is 24.8 Å². The van der Waals surface area contributed by atoms with Crippen molar-refractivity contribution in [3.8, 4) is 0 Å². The Kier molecular flexibility index (Phi) is 5.98. The van der Waals surface area contributed by atoms with E-state index in [1.165, 1.54) is 10.9 Å². The Morgan fingerprint density at radius 2 is 2.15 bits per heavy atom. The quantitative estimate of drug-likeness (QED) is 0.763. The van der Waals surface area contributed by atoms with Crippen LogP contribution in [0.2, 0.25) is 0 Å². The molecule has 0 radical (unpaired) electrons. The first-order chi connectivity index (χ1) is 12.5. The number of amides is 1. The van der Waals surface area contributed by atoms with Crippen LogP contribution in [-0.4, -0.2) is 62.0 Å². The summed E-state index contributed by atoms with van der Waals surface area (Å²) in [6.07, 6.45) is 4.50. The molecule has 1 saturated heterocycles. The van der Waals surface area contributed by atoms with Gasteiger partial charge in [-0.2, -0.15) is 0 Å². The smallest absolute Gasteiger partial charge is 0.222 e. The van der Waals surface area contributed by atoms with Crippen LogP contribution in [0.4, 0.5) is 0 Å². The summed E-state index contributed by atoms with van der Waals surface area (Å²) in [4.78, 5) is 17.7. The van der Waals surface area contributed by atoms with E-state index in [1.54, 1.807) is 12.0 Å². The van der Waals surface area contributed by atoms with E-state index < -0.39 is 9.84 Å². The lowest BCUT2D eigenvalue weighted by Gasteiger charge is -2.28. The van der Waals surface area contributed by atoms with Gasteiger partial charge in [-0.15, -0.1) is 0 Å².